The molecule has 4 heteroatoms. The molecular weight excluding hydrogens is 288 g/mol. The number of hydrogen-bond acceptors (Lipinski definition) is 3. The predicted molar refractivity (Wildman–Crippen MR) is 89.5 cm³/mol. The summed E-state index contributed by atoms with van der Waals surface area (Å²) >= 11 is 0. The van der Waals surface area contributed by atoms with E-state index < -0.39 is 0 Å². The number of benzene rings is 1. The number of amides is 1. The summed E-state index contributed by atoms with van der Waals surface area (Å²) in [6.45, 7) is 3.58. The number of carbonyl (C=O) groups is 1. The molecule has 4 nitrogen and oxygen atoms in total. The Balaban J connectivity index is 1.85. The van der Waals surface area contributed by atoms with Gasteiger partial charge in [-0.3, -0.25) is 4.79 Å². The van der Waals surface area contributed by atoms with Gasteiger partial charge in [0, 0.05) is 25.9 Å². The molecule has 1 aromatic heterocycles. The van der Waals surface area contributed by atoms with Gasteiger partial charge < -0.3 is 9.32 Å². The number of likely N-dealkylation sites (N-methyl/N-ethyl adjacent to an activating group) is 1. The van der Waals surface area contributed by atoms with E-state index in [2.05, 4.69) is 29.2 Å². The van der Waals surface area contributed by atoms with Gasteiger partial charge in [0.25, 0.3) is 5.91 Å². The number of nitrogens with zero attached hydrogens (tertiary/aromatic N) is 2. The molecule has 122 valence electrons. The van der Waals surface area contributed by atoms with E-state index in [1.165, 1.54) is 18.4 Å². The largest absolute Gasteiger partial charge is 0.445 e. The molecule has 1 heterocycles. The quantitative estimate of drug-likeness (QED) is 0.857. The van der Waals surface area contributed by atoms with Crippen LogP contribution in [0.1, 0.15) is 59.3 Å². The van der Waals surface area contributed by atoms with E-state index in [0.29, 0.717) is 23.3 Å². The van der Waals surface area contributed by atoms with E-state index in [9.17, 15) is 4.79 Å². The molecule has 2 aromatic rings. The molecule has 0 unspecified atom stereocenters. The van der Waals surface area contributed by atoms with Gasteiger partial charge in [0.1, 0.15) is 5.76 Å². The first-order chi connectivity index (χ1) is 11.1. The fourth-order valence-electron chi connectivity index (χ4n) is 3.71. The van der Waals surface area contributed by atoms with Gasteiger partial charge in [0.15, 0.2) is 11.6 Å². The third-order valence-electron chi connectivity index (χ3n) is 4.88. The van der Waals surface area contributed by atoms with Crippen LogP contribution in [0.4, 0.5) is 0 Å². The van der Waals surface area contributed by atoms with Crippen molar-refractivity contribution in [1.82, 2.24) is 9.88 Å². The van der Waals surface area contributed by atoms with E-state index in [4.69, 9.17) is 4.42 Å². The monoisotopic (exact) mass is 312 g/mol. The molecule has 1 aliphatic rings. The number of aromatic nitrogens is 1. The molecule has 2 atom stereocenters. The first kappa shape index (κ1) is 15.8. The first-order valence-electron chi connectivity index (χ1n) is 8.34. The van der Waals surface area contributed by atoms with Crippen molar-refractivity contribution < 1.29 is 9.21 Å². The summed E-state index contributed by atoms with van der Waals surface area (Å²) < 4.78 is 5.43. The topological polar surface area (TPSA) is 46.3 Å². The molecule has 0 aliphatic heterocycles. The summed E-state index contributed by atoms with van der Waals surface area (Å²) in [5, 5.41) is 0. The highest BCUT2D eigenvalue weighted by Crippen LogP contribution is 2.36. The lowest BCUT2D eigenvalue weighted by Gasteiger charge is -2.38. The zero-order chi connectivity index (χ0) is 16.4. The lowest BCUT2D eigenvalue weighted by Crippen LogP contribution is -2.42. The summed E-state index contributed by atoms with van der Waals surface area (Å²) in [6.07, 6.45) is 4.56. The number of carbonyl (C=O) groups excluding carboxylic acids is 1. The zero-order valence-corrected chi connectivity index (χ0v) is 14.1. The Morgan fingerprint density at radius 3 is 2.52 bits per heavy atom. The highest BCUT2D eigenvalue weighted by molar-refractivity contribution is 5.93. The van der Waals surface area contributed by atoms with Gasteiger partial charge in [-0.2, -0.15) is 0 Å². The average Bonchev–Trinajstić information content (AvgIpc) is 2.92. The smallest absolute Gasteiger partial charge is 0.276 e. The molecule has 0 saturated heterocycles. The minimum atomic E-state index is -0.0350. The first-order valence-corrected chi connectivity index (χ1v) is 8.34. The lowest BCUT2D eigenvalue weighted by molar-refractivity contribution is 0.0662. The Morgan fingerprint density at radius 2 is 1.87 bits per heavy atom. The fourth-order valence-corrected chi connectivity index (χ4v) is 3.71. The standard InChI is InChI=1S/C19H24N2O2/c1-13-18(20-14(2)23-13)19(22)21(3)17-12-8-7-11-16(17)15-9-5-4-6-10-15/h4-6,9-10,16-17H,7-8,11-12H2,1-3H3/t16-,17+/m1/s1. The van der Waals surface area contributed by atoms with Crippen molar-refractivity contribution in [2.75, 3.05) is 7.05 Å². The Bertz CT molecular complexity index is 678. The number of rotatable bonds is 3. The highest BCUT2D eigenvalue weighted by atomic mass is 16.4. The molecule has 3 rings (SSSR count). The van der Waals surface area contributed by atoms with Gasteiger partial charge in [-0.05, 0) is 25.3 Å². The molecule has 1 aromatic carbocycles. The van der Waals surface area contributed by atoms with E-state index in [1.54, 1.807) is 13.8 Å². The molecule has 1 amide bonds. The van der Waals surface area contributed by atoms with Crippen LogP contribution < -0.4 is 0 Å². The molecular formula is C19H24N2O2. The molecule has 0 spiro atoms. The Kier molecular flexibility index (Phi) is 4.51. The summed E-state index contributed by atoms with van der Waals surface area (Å²) in [5.74, 6) is 1.51. The normalized spacial score (nSPS) is 21.2. The molecule has 0 N–H and O–H groups in total. The maximum absolute atomic E-state index is 12.9. The number of aryl methyl sites for hydroxylation is 2. The third kappa shape index (κ3) is 3.16. The van der Waals surface area contributed by atoms with Gasteiger partial charge in [0.2, 0.25) is 0 Å². The summed E-state index contributed by atoms with van der Waals surface area (Å²) in [4.78, 5) is 19.0. The van der Waals surface area contributed by atoms with Gasteiger partial charge in [-0.25, -0.2) is 4.98 Å². The second-order valence-corrected chi connectivity index (χ2v) is 6.42. The van der Waals surface area contributed by atoms with Crippen LogP contribution in [0, 0.1) is 13.8 Å². The van der Waals surface area contributed by atoms with Crippen LogP contribution in [0.3, 0.4) is 0 Å². The SMILES string of the molecule is Cc1nc(C(=O)N(C)[C@H]2CCCC[C@@H]2c2ccccc2)c(C)o1. The predicted octanol–water partition coefficient (Wildman–Crippen LogP) is 4.09. The third-order valence-corrected chi connectivity index (χ3v) is 4.88. The molecule has 1 saturated carbocycles. The molecule has 0 bridgehead atoms. The summed E-state index contributed by atoms with van der Waals surface area (Å²) in [7, 11) is 1.90. The van der Waals surface area contributed by atoms with E-state index in [0.717, 1.165) is 12.8 Å². The van der Waals surface area contributed by atoms with Gasteiger partial charge in [0.05, 0.1) is 0 Å². The molecule has 0 radical (unpaired) electrons. The van der Waals surface area contributed by atoms with Crippen LogP contribution in [0.2, 0.25) is 0 Å². The van der Waals surface area contributed by atoms with Crippen molar-refractivity contribution in [3.05, 3.63) is 53.2 Å². The summed E-state index contributed by atoms with van der Waals surface area (Å²) in [5.41, 5.74) is 1.77. The van der Waals surface area contributed by atoms with Crippen LogP contribution in [-0.2, 0) is 0 Å². The second-order valence-electron chi connectivity index (χ2n) is 6.42. The molecule has 1 aliphatic carbocycles. The summed E-state index contributed by atoms with van der Waals surface area (Å²) in [6, 6.07) is 10.8. The van der Waals surface area contributed by atoms with Crippen molar-refractivity contribution in [2.24, 2.45) is 0 Å². The highest BCUT2D eigenvalue weighted by Gasteiger charge is 2.33. The van der Waals surface area contributed by atoms with Crippen molar-refractivity contribution in [3.63, 3.8) is 0 Å². The van der Waals surface area contributed by atoms with Crippen molar-refractivity contribution in [1.29, 1.82) is 0 Å². The maximum Gasteiger partial charge on any atom is 0.276 e. The van der Waals surface area contributed by atoms with Crippen LogP contribution in [0.25, 0.3) is 0 Å². The van der Waals surface area contributed by atoms with Crippen molar-refractivity contribution in [3.8, 4) is 0 Å². The average molecular weight is 312 g/mol. The molecule has 23 heavy (non-hydrogen) atoms. The van der Waals surface area contributed by atoms with Crippen LogP contribution in [-0.4, -0.2) is 28.9 Å². The minimum absolute atomic E-state index is 0.0350. The van der Waals surface area contributed by atoms with E-state index >= 15 is 0 Å². The van der Waals surface area contributed by atoms with Gasteiger partial charge in [-0.15, -0.1) is 0 Å². The van der Waals surface area contributed by atoms with Crippen molar-refractivity contribution in [2.45, 2.75) is 51.5 Å². The van der Waals surface area contributed by atoms with Crippen LogP contribution in [0.15, 0.2) is 34.7 Å². The van der Waals surface area contributed by atoms with Gasteiger partial charge in [-0.1, -0.05) is 43.2 Å². The van der Waals surface area contributed by atoms with Crippen LogP contribution in [0.5, 0.6) is 0 Å². The Hall–Kier alpha value is -2.10. The minimum Gasteiger partial charge on any atom is -0.445 e. The Labute approximate surface area is 137 Å². The van der Waals surface area contributed by atoms with Crippen LogP contribution >= 0.6 is 0 Å². The number of hydrogen-bond donors (Lipinski definition) is 0. The maximum atomic E-state index is 12.9. The lowest BCUT2D eigenvalue weighted by atomic mass is 9.79. The second kappa shape index (κ2) is 6.57. The Morgan fingerprint density at radius 1 is 1.17 bits per heavy atom. The number of oxazole rings is 1. The van der Waals surface area contributed by atoms with E-state index in [1.807, 2.05) is 18.0 Å². The molecule has 1 fully saturated rings. The zero-order valence-electron chi connectivity index (χ0n) is 14.1. The van der Waals surface area contributed by atoms with E-state index in [-0.39, 0.29) is 11.9 Å². The van der Waals surface area contributed by atoms with Gasteiger partial charge >= 0.3 is 0 Å². The fraction of sp³-hybridized carbons (Fsp3) is 0.474. The van der Waals surface area contributed by atoms with Crippen molar-refractivity contribution >= 4 is 5.91 Å².